The normalized spacial score (nSPS) is 12.7. The summed E-state index contributed by atoms with van der Waals surface area (Å²) < 4.78 is 25.5. The standard InChI is InChI=1S/C17H20N2O3S/c1-11-7-12(2)9-16(8-11)23(21,22)15-6-4-5-14(10-15)19-17(20)13(3)18/h4-10,13H,18H2,1-3H3,(H,19,20). The fourth-order valence-corrected chi connectivity index (χ4v) is 3.72. The van der Waals surface area contributed by atoms with E-state index in [9.17, 15) is 13.2 Å². The quantitative estimate of drug-likeness (QED) is 0.900. The van der Waals surface area contributed by atoms with E-state index in [0.29, 0.717) is 5.69 Å². The molecule has 3 N–H and O–H groups in total. The molecule has 0 spiro atoms. The summed E-state index contributed by atoms with van der Waals surface area (Å²) in [5.41, 5.74) is 7.66. The van der Waals surface area contributed by atoms with Crippen LogP contribution in [0.3, 0.4) is 0 Å². The molecule has 0 fully saturated rings. The molecule has 6 heteroatoms. The van der Waals surface area contributed by atoms with Gasteiger partial charge >= 0.3 is 0 Å². The van der Waals surface area contributed by atoms with Gasteiger partial charge in [0, 0.05) is 5.69 Å². The number of hydrogen-bond acceptors (Lipinski definition) is 4. The van der Waals surface area contributed by atoms with Gasteiger partial charge < -0.3 is 11.1 Å². The van der Waals surface area contributed by atoms with E-state index in [1.165, 1.54) is 12.1 Å². The third kappa shape index (κ3) is 3.97. The second-order valence-corrected chi connectivity index (χ2v) is 7.58. The Bertz CT molecular complexity index is 822. The lowest BCUT2D eigenvalue weighted by Crippen LogP contribution is -2.32. The van der Waals surface area contributed by atoms with E-state index in [4.69, 9.17) is 5.73 Å². The van der Waals surface area contributed by atoms with Gasteiger partial charge in [-0.2, -0.15) is 0 Å². The predicted octanol–water partition coefficient (Wildman–Crippen LogP) is 2.42. The van der Waals surface area contributed by atoms with Crippen LogP contribution in [0.5, 0.6) is 0 Å². The van der Waals surface area contributed by atoms with E-state index < -0.39 is 15.9 Å². The summed E-state index contributed by atoms with van der Waals surface area (Å²) in [7, 11) is -3.65. The van der Waals surface area contributed by atoms with Crippen LogP contribution in [0.2, 0.25) is 0 Å². The topological polar surface area (TPSA) is 89.3 Å². The molecule has 2 aromatic rings. The first-order chi connectivity index (χ1) is 10.7. The first-order valence-electron chi connectivity index (χ1n) is 7.20. The van der Waals surface area contributed by atoms with Crippen LogP contribution in [0.15, 0.2) is 52.3 Å². The van der Waals surface area contributed by atoms with Gasteiger partial charge in [0.25, 0.3) is 0 Å². The number of amides is 1. The van der Waals surface area contributed by atoms with Crippen LogP contribution >= 0.6 is 0 Å². The van der Waals surface area contributed by atoms with Crippen LogP contribution < -0.4 is 11.1 Å². The minimum absolute atomic E-state index is 0.130. The van der Waals surface area contributed by atoms with Crippen LogP contribution in [0, 0.1) is 13.8 Å². The van der Waals surface area contributed by atoms with Crippen molar-refractivity contribution in [2.45, 2.75) is 36.6 Å². The highest BCUT2D eigenvalue weighted by Crippen LogP contribution is 2.25. The molecular weight excluding hydrogens is 312 g/mol. The first kappa shape index (κ1) is 17.2. The van der Waals surface area contributed by atoms with Crippen molar-refractivity contribution in [3.05, 3.63) is 53.6 Å². The molecule has 0 saturated carbocycles. The molecule has 1 unspecified atom stereocenters. The maximum Gasteiger partial charge on any atom is 0.240 e. The largest absolute Gasteiger partial charge is 0.325 e. The van der Waals surface area contributed by atoms with Gasteiger partial charge in [-0.25, -0.2) is 8.42 Å². The molecule has 122 valence electrons. The summed E-state index contributed by atoms with van der Waals surface area (Å²) >= 11 is 0. The van der Waals surface area contributed by atoms with Gasteiger partial charge in [-0.05, 0) is 62.2 Å². The lowest BCUT2D eigenvalue weighted by Gasteiger charge is -2.11. The molecule has 0 aliphatic heterocycles. The monoisotopic (exact) mass is 332 g/mol. The van der Waals surface area contributed by atoms with E-state index in [2.05, 4.69) is 5.32 Å². The zero-order valence-corrected chi connectivity index (χ0v) is 14.1. The fraction of sp³-hybridized carbons (Fsp3) is 0.235. The number of nitrogens with two attached hydrogens (primary N) is 1. The summed E-state index contributed by atoms with van der Waals surface area (Å²) in [6, 6.07) is 10.7. The smallest absolute Gasteiger partial charge is 0.240 e. The summed E-state index contributed by atoms with van der Waals surface area (Å²) in [4.78, 5) is 12.0. The molecule has 2 aromatic carbocycles. The maximum absolute atomic E-state index is 12.8. The summed E-state index contributed by atoms with van der Waals surface area (Å²) in [5, 5.41) is 2.60. The van der Waals surface area contributed by atoms with Crippen molar-refractivity contribution in [1.82, 2.24) is 0 Å². The molecule has 0 aromatic heterocycles. The SMILES string of the molecule is Cc1cc(C)cc(S(=O)(=O)c2cccc(NC(=O)C(C)N)c2)c1. The van der Waals surface area contributed by atoms with Crippen molar-refractivity contribution in [3.8, 4) is 0 Å². The number of benzene rings is 2. The van der Waals surface area contributed by atoms with E-state index in [0.717, 1.165) is 11.1 Å². The highest BCUT2D eigenvalue weighted by atomic mass is 32.2. The van der Waals surface area contributed by atoms with Crippen molar-refractivity contribution < 1.29 is 13.2 Å². The van der Waals surface area contributed by atoms with Crippen molar-refractivity contribution in [3.63, 3.8) is 0 Å². The number of nitrogens with one attached hydrogen (secondary N) is 1. The minimum Gasteiger partial charge on any atom is -0.325 e. The average molecular weight is 332 g/mol. The van der Waals surface area contributed by atoms with Crippen molar-refractivity contribution >= 4 is 21.4 Å². The molecule has 23 heavy (non-hydrogen) atoms. The molecule has 1 amide bonds. The molecule has 0 aliphatic rings. The number of aryl methyl sites for hydroxylation is 2. The summed E-state index contributed by atoms with van der Waals surface area (Å²) in [6.45, 7) is 5.27. The molecule has 5 nitrogen and oxygen atoms in total. The molecule has 0 saturated heterocycles. The van der Waals surface area contributed by atoms with Crippen molar-refractivity contribution in [1.29, 1.82) is 0 Å². The summed E-state index contributed by atoms with van der Waals surface area (Å²) in [5.74, 6) is -0.369. The average Bonchev–Trinajstić information content (AvgIpc) is 2.46. The number of carbonyl (C=O) groups excluding carboxylic acids is 1. The Morgan fingerprint density at radius 1 is 1.04 bits per heavy atom. The lowest BCUT2D eigenvalue weighted by molar-refractivity contribution is -0.117. The maximum atomic E-state index is 12.8. The molecule has 0 bridgehead atoms. The molecular formula is C17H20N2O3S. The molecule has 1 atom stereocenters. The second kappa shape index (κ2) is 6.52. The number of sulfone groups is 1. The Kier molecular flexibility index (Phi) is 4.87. The van der Waals surface area contributed by atoms with Gasteiger partial charge in [-0.15, -0.1) is 0 Å². The van der Waals surface area contributed by atoms with Crippen LogP contribution in [-0.4, -0.2) is 20.4 Å². The van der Waals surface area contributed by atoms with Gasteiger partial charge in [-0.3, -0.25) is 4.79 Å². The number of carbonyl (C=O) groups is 1. The fourth-order valence-electron chi connectivity index (χ4n) is 2.22. The van der Waals surface area contributed by atoms with Gasteiger partial charge in [0.15, 0.2) is 0 Å². The Balaban J connectivity index is 2.42. The first-order valence-corrected chi connectivity index (χ1v) is 8.68. The van der Waals surface area contributed by atoms with E-state index in [1.54, 1.807) is 31.2 Å². The number of rotatable bonds is 4. The third-order valence-electron chi connectivity index (χ3n) is 3.33. The molecule has 0 radical (unpaired) electrons. The van der Waals surface area contributed by atoms with Crippen LogP contribution in [-0.2, 0) is 14.6 Å². The highest BCUT2D eigenvalue weighted by molar-refractivity contribution is 7.91. The van der Waals surface area contributed by atoms with Gasteiger partial charge in [0.2, 0.25) is 15.7 Å². The van der Waals surface area contributed by atoms with Gasteiger partial charge in [0.1, 0.15) is 0 Å². The Morgan fingerprint density at radius 2 is 1.65 bits per heavy atom. The van der Waals surface area contributed by atoms with Crippen LogP contribution in [0.1, 0.15) is 18.1 Å². The number of hydrogen-bond donors (Lipinski definition) is 2. The zero-order chi connectivity index (χ0) is 17.2. The number of anilines is 1. The molecule has 0 heterocycles. The Morgan fingerprint density at radius 3 is 2.22 bits per heavy atom. The minimum atomic E-state index is -3.65. The lowest BCUT2D eigenvalue weighted by atomic mass is 10.2. The van der Waals surface area contributed by atoms with Gasteiger partial charge in [-0.1, -0.05) is 12.1 Å². The van der Waals surface area contributed by atoms with E-state index in [-0.39, 0.29) is 15.7 Å². The molecule has 2 rings (SSSR count). The van der Waals surface area contributed by atoms with Crippen LogP contribution in [0.4, 0.5) is 5.69 Å². The third-order valence-corrected chi connectivity index (χ3v) is 5.06. The zero-order valence-electron chi connectivity index (χ0n) is 13.3. The van der Waals surface area contributed by atoms with Gasteiger partial charge in [0.05, 0.1) is 15.8 Å². The van der Waals surface area contributed by atoms with Crippen molar-refractivity contribution in [2.75, 3.05) is 5.32 Å². The predicted molar refractivity (Wildman–Crippen MR) is 90.1 cm³/mol. The second-order valence-electron chi connectivity index (χ2n) is 5.63. The summed E-state index contributed by atoms with van der Waals surface area (Å²) in [6.07, 6.45) is 0. The van der Waals surface area contributed by atoms with Crippen molar-refractivity contribution in [2.24, 2.45) is 5.73 Å². The Labute approximate surface area is 136 Å². The van der Waals surface area contributed by atoms with E-state index >= 15 is 0 Å². The molecule has 0 aliphatic carbocycles. The van der Waals surface area contributed by atoms with E-state index in [1.807, 2.05) is 19.9 Å². The Hall–Kier alpha value is -2.18. The highest BCUT2D eigenvalue weighted by Gasteiger charge is 2.19. The van der Waals surface area contributed by atoms with Crippen LogP contribution in [0.25, 0.3) is 0 Å².